The third-order valence-corrected chi connectivity index (χ3v) is 1.02. The van der Waals surface area contributed by atoms with Crippen LogP contribution in [0.3, 0.4) is 0 Å². The summed E-state index contributed by atoms with van der Waals surface area (Å²) in [6.07, 6.45) is 0. The van der Waals surface area contributed by atoms with Crippen LogP contribution in [0.2, 0.25) is 0 Å². The van der Waals surface area contributed by atoms with E-state index in [9.17, 15) is 4.39 Å². The Hall–Kier alpha value is -0.190. The van der Waals surface area contributed by atoms with Gasteiger partial charge in [-0.15, -0.1) is 0 Å². The zero-order chi connectivity index (χ0) is 7.82. The molecule has 0 saturated heterocycles. The van der Waals surface area contributed by atoms with Gasteiger partial charge in [-0.05, 0) is 7.05 Å². The number of alkyl halides is 1. The van der Waals surface area contributed by atoms with Crippen molar-refractivity contribution in [2.45, 2.75) is 0 Å². The Morgan fingerprint density at radius 2 is 2.20 bits per heavy atom. The molecule has 3 nitrogen and oxygen atoms in total. The minimum absolute atomic E-state index is 0.278. The summed E-state index contributed by atoms with van der Waals surface area (Å²) in [5.74, 6) is 0. The predicted molar refractivity (Wildman–Crippen MR) is 36.4 cm³/mol. The molecule has 0 rings (SSSR count). The monoisotopic (exact) mass is 151 g/mol. The van der Waals surface area contributed by atoms with E-state index in [1.54, 1.807) is 14.2 Å². The molecule has 0 aliphatic carbocycles. The van der Waals surface area contributed by atoms with Crippen LogP contribution in [0.15, 0.2) is 0 Å². The van der Waals surface area contributed by atoms with Gasteiger partial charge in [-0.2, -0.15) is 0 Å². The molecule has 0 bridgehead atoms. The number of hydrogen-bond acceptors (Lipinski definition) is 3. The van der Waals surface area contributed by atoms with E-state index in [1.807, 2.05) is 0 Å². The fraction of sp³-hybridized carbons (Fsp3) is 1.00. The summed E-state index contributed by atoms with van der Waals surface area (Å²) < 4.78 is 21.3. The van der Waals surface area contributed by atoms with Gasteiger partial charge in [0.1, 0.15) is 13.6 Å². The van der Waals surface area contributed by atoms with Gasteiger partial charge in [-0.25, -0.2) is 4.39 Å². The summed E-state index contributed by atoms with van der Waals surface area (Å²) >= 11 is 0. The van der Waals surface area contributed by atoms with Crippen LogP contribution in [0, 0.1) is 0 Å². The molecule has 4 heteroatoms. The van der Waals surface area contributed by atoms with Crippen LogP contribution < -0.4 is 0 Å². The Labute approximate surface area is 60.7 Å². The van der Waals surface area contributed by atoms with Gasteiger partial charge in [0.05, 0.1) is 6.61 Å². The Kier molecular flexibility index (Phi) is 6.79. The van der Waals surface area contributed by atoms with Gasteiger partial charge in [-0.3, -0.25) is 4.90 Å². The van der Waals surface area contributed by atoms with Crippen molar-refractivity contribution >= 4 is 0 Å². The largest absolute Gasteiger partial charge is 0.359 e. The van der Waals surface area contributed by atoms with E-state index in [4.69, 9.17) is 4.74 Å². The number of methoxy groups -OCH3 is 1. The average molecular weight is 151 g/mol. The van der Waals surface area contributed by atoms with E-state index in [1.165, 1.54) is 4.90 Å². The van der Waals surface area contributed by atoms with Crippen molar-refractivity contribution < 1.29 is 13.9 Å². The lowest BCUT2D eigenvalue weighted by molar-refractivity contribution is -0.0369. The standard InChI is InChI=1S/C6H14FNO2/c1-8(5-7)3-4-10-6-9-2/h3-6H2,1-2H3. The molecule has 0 radical (unpaired) electrons. The smallest absolute Gasteiger partial charge is 0.146 e. The molecule has 0 N–H and O–H groups in total. The van der Waals surface area contributed by atoms with E-state index >= 15 is 0 Å². The van der Waals surface area contributed by atoms with Gasteiger partial charge in [0.15, 0.2) is 0 Å². The normalized spacial score (nSPS) is 10.8. The first-order valence-electron chi connectivity index (χ1n) is 3.12. The summed E-state index contributed by atoms with van der Waals surface area (Å²) in [5, 5.41) is 0. The molecule has 0 fully saturated rings. The van der Waals surface area contributed by atoms with Crippen LogP contribution in [-0.4, -0.2) is 45.8 Å². The maximum Gasteiger partial charge on any atom is 0.146 e. The fourth-order valence-electron chi connectivity index (χ4n) is 0.422. The van der Waals surface area contributed by atoms with Crippen LogP contribution in [0.4, 0.5) is 4.39 Å². The number of halogens is 1. The van der Waals surface area contributed by atoms with Gasteiger partial charge in [0.25, 0.3) is 0 Å². The topological polar surface area (TPSA) is 21.7 Å². The van der Waals surface area contributed by atoms with E-state index in [0.29, 0.717) is 13.2 Å². The quantitative estimate of drug-likeness (QED) is 0.313. The minimum Gasteiger partial charge on any atom is -0.359 e. The highest BCUT2D eigenvalue weighted by atomic mass is 19.1. The van der Waals surface area contributed by atoms with Gasteiger partial charge in [0.2, 0.25) is 0 Å². The lowest BCUT2D eigenvalue weighted by Gasteiger charge is -2.10. The van der Waals surface area contributed by atoms with Crippen molar-refractivity contribution in [2.75, 3.05) is 40.9 Å². The van der Waals surface area contributed by atoms with Crippen molar-refractivity contribution in [1.29, 1.82) is 0 Å². The SMILES string of the molecule is COCOCCN(C)CF. The van der Waals surface area contributed by atoms with E-state index in [0.717, 1.165) is 0 Å². The highest BCUT2D eigenvalue weighted by Gasteiger charge is 1.94. The minimum atomic E-state index is -0.434. The number of rotatable bonds is 6. The van der Waals surface area contributed by atoms with Gasteiger partial charge >= 0.3 is 0 Å². The highest BCUT2D eigenvalue weighted by Crippen LogP contribution is 1.82. The Balaban J connectivity index is 2.89. The molecule has 0 aliphatic heterocycles. The van der Waals surface area contributed by atoms with Crippen molar-refractivity contribution in [3.63, 3.8) is 0 Å². The van der Waals surface area contributed by atoms with Crippen LogP contribution in [-0.2, 0) is 9.47 Å². The van der Waals surface area contributed by atoms with Crippen LogP contribution in [0.5, 0.6) is 0 Å². The van der Waals surface area contributed by atoms with Gasteiger partial charge in [0, 0.05) is 13.7 Å². The third kappa shape index (κ3) is 5.94. The second kappa shape index (κ2) is 6.92. The first-order valence-corrected chi connectivity index (χ1v) is 3.12. The number of likely N-dealkylation sites (N-methyl/N-ethyl adjacent to an activating group) is 1. The molecule has 0 aromatic carbocycles. The number of nitrogens with zero attached hydrogens (tertiary/aromatic N) is 1. The zero-order valence-electron chi connectivity index (χ0n) is 6.47. The molecule has 0 heterocycles. The van der Waals surface area contributed by atoms with Gasteiger partial charge < -0.3 is 9.47 Å². The van der Waals surface area contributed by atoms with Crippen molar-refractivity contribution in [3.05, 3.63) is 0 Å². The first kappa shape index (κ1) is 9.81. The van der Waals surface area contributed by atoms with Crippen molar-refractivity contribution in [3.8, 4) is 0 Å². The second-order valence-electron chi connectivity index (χ2n) is 2.01. The third-order valence-electron chi connectivity index (χ3n) is 1.02. The molecule has 0 spiro atoms. The Bertz CT molecular complexity index is 72.8. The number of ether oxygens (including phenoxy) is 2. The molecular weight excluding hydrogens is 137 g/mol. The summed E-state index contributed by atoms with van der Waals surface area (Å²) in [6.45, 7) is 0.949. The molecular formula is C6H14FNO2. The summed E-state index contributed by atoms with van der Waals surface area (Å²) in [4.78, 5) is 1.52. The van der Waals surface area contributed by atoms with Crippen LogP contribution >= 0.6 is 0 Å². The van der Waals surface area contributed by atoms with Crippen LogP contribution in [0.25, 0.3) is 0 Å². The molecule has 0 aromatic rings. The van der Waals surface area contributed by atoms with E-state index in [-0.39, 0.29) is 6.79 Å². The molecule has 0 amide bonds. The van der Waals surface area contributed by atoms with Crippen LogP contribution in [0.1, 0.15) is 0 Å². The molecule has 62 valence electrons. The summed E-state index contributed by atoms with van der Waals surface area (Å²) in [7, 11) is 3.25. The average Bonchev–Trinajstić information content (AvgIpc) is 1.98. The second-order valence-corrected chi connectivity index (χ2v) is 2.01. The number of hydrogen-bond donors (Lipinski definition) is 0. The molecule has 0 aliphatic rings. The van der Waals surface area contributed by atoms with E-state index < -0.39 is 6.80 Å². The summed E-state index contributed by atoms with van der Waals surface area (Å²) in [5.41, 5.74) is 0. The molecule has 0 unspecified atom stereocenters. The lowest BCUT2D eigenvalue weighted by Crippen LogP contribution is -2.22. The molecule has 10 heavy (non-hydrogen) atoms. The lowest BCUT2D eigenvalue weighted by atomic mass is 10.6. The molecule has 0 atom stereocenters. The predicted octanol–water partition coefficient (Wildman–Crippen LogP) is 0.466. The molecule has 0 saturated carbocycles. The first-order chi connectivity index (χ1) is 4.81. The summed E-state index contributed by atoms with van der Waals surface area (Å²) in [6, 6.07) is 0. The maximum atomic E-state index is 11.7. The van der Waals surface area contributed by atoms with Crippen molar-refractivity contribution in [1.82, 2.24) is 4.90 Å². The zero-order valence-corrected chi connectivity index (χ0v) is 6.47. The van der Waals surface area contributed by atoms with Gasteiger partial charge in [-0.1, -0.05) is 0 Å². The van der Waals surface area contributed by atoms with Crippen molar-refractivity contribution in [2.24, 2.45) is 0 Å². The Morgan fingerprint density at radius 3 is 2.70 bits per heavy atom. The molecule has 0 aromatic heterocycles. The van der Waals surface area contributed by atoms with E-state index in [2.05, 4.69) is 4.74 Å². The highest BCUT2D eigenvalue weighted by molar-refractivity contribution is 4.40. The maximum absolute atomic E-state index is 11.7. The Morgan fingerprint density at radius 1 is 1.50 bits per heavy atom. The fourth-order valence-corrected chi connectivity index (χ4v) is 0.422.